The van der Waals surface area contributed by atoms with Gasteiger partial charge in [-0.25, -0.2) is 4.98 Å². The summed E-state index contributed by atoms with van der Waals surface area (Å²) in [5.41, 5.74) is -0.510. The Balaban J connectivity index is 1.83. The molecule has 34 heavy (non-hydrogen) atoms. The van der Waals surface area contributed by atoms with E-state index in [1.807, 2.05) is 32.7 Å². The monoisotopic (exact) mass is 544 g/mol. The Bertz CT molecular complexity index is 813. The van der Waals surface area contributed by atoms with Crippen LogP contribution in [0.5, 0.6) is 0 Å². The molecular formula is C24H38BrFN4O4. The van der Waals surface area contributed by atoms with E-state index in [9.17, 15) is 14.0 Å². The third-order valence-corrected chi connectivity index (χ3v) is 6.46. The second kappa shape index (κ2) is 13.3. The van der Waals surface area contributed by atoms with Gasteiger partial charge in [0.05, 0.1) is 24.7 Å². The van der Waals surface area contributed by atoms with Crippen molar-refractivity contribution in [3.63, 3.8) is 0 Å². The quantitative estimate of drug-likeness (QED) is 0.258. The zero-order valence-corrected chi connectivity index (χ0v) is 22.5. The number of nitrogens with zero attached hydrogens (tertiary/aromatic N) is 3. The second-order valence-electron chi connectivity index (χ2n) is 9.81. The molecule has 1 aliphatic rings. The Morgan fingerprint density at radius 1 is 1.21 bits per heavy atom. The highest BCUT2D eigenvalue weighted by Gasteiger charge is 2.28. The fourth-order valence-electron chi connectivity index (χ4n) is 4.21. The lowest BCUT2D eigenvalue weighted by atomic mass is 9.85. The van der Waals surface area contributed by atoms with Crippen molar-refractivity contribution in [2.45, 2.75) is 58.1 Å². The SMILES string of the molecule is COC(=O)CN(CCNCC(=O)OC(C)(C)C)C1CCC(CN(C)c2ccc(Br)c(F)n2)CC1. The number of anilines is 1. The second-order valence-corrected chi connectivity index (χ2v) is 10.7. The van der Waals surface area contributed by atoms with Crippen molar-refractivity contribution in [1.82, 2.24) is 15.2 Å². The zero-order valence-electron chi connectivity index (χ0n) is 20.9. The van der Waals surface area contributed by atoms with E-state index in [4.69, 9.17) is 9.47 Å². The molecule has 1 fully saturated rings. The fraction of sp³-hybridized carbons (Fsp3) is 0.708. The smallest absolute Gasteiger partial charge is 0.320 e. The number of methoxy groups -OCH3 is 1. The number of carbonyl (C=O) groups excluding carboxylic acids is 2. The number of pyridine rings is 1. The first kappa shape index (κ1) is 28.5. The average molecular weight is 545 g/mol. The molecule has 8 nitrogen and oxygen atoms in total. The zero-order chi connectivity index (χ0) is 25.3. The molecule has 2 rings (SSSR count). The first-order chi connectivity index (χ1) is 16.0. The Morgan fingerprint density at radius 3 is 2.47 bits per heavy atom. The molecule has 0 bridgehead atoms. The van der Waals surface area contributed by atoms with Crippen molar-refractivity contribution in [1.29, 1.82) is 0 Å². The van der Waals surface area contributed by atoms with Gasteiger partial charge in [0.1, 0.15) is 11.4 Å². The van der Waals surface area contributed by atoms with Crippen molar-refractivity contribution >= 4 is 33.7 Å². The lowest BCUT2D eigenvalue weighted by molar-refractivity contribution is -0.153. The van der Waals surface area contributed by atoms with Gasteiger partial charge in [0.2, 0.25) is 5.95 Å². The maximum Gasteiger partial charge on any atom is 0.320 e. The van der Waals surface area contributed by atoms with Gasteiger partial charge in [-0.3, -0.25) is 14.5 Å². The van der Waals surface area contributed by atoms with Crippen molar-refractivity contribution in [2.75, 3.05) is 51.8 Å². The van der Waals surface area contributed by atoms with Crippen molar-refractivity contribution < 1.29 is 23.5 Å². The molecule has 0 amide bonds. The van der Waals surface area contributed by atoms with Crippen LogP contribution < -0.4 is 10.2 Å². The molecule has 1 saturated carbocycles. The molecule has 1 heterocycles. The number of hydrogen-bond acceptors (Lipinski definition) is 8. The van der Waals surface area contributed by atoms with Gasteiger partial charge >= 0.3 is 11.9 Å². The molecule has 0 saturated heterocycles. The first-order valence-electron chi connectivity index (χ1n) is 11.7. The van der Waals surface area contributed by atoms with Gasteiger partial charge in [-0.15, -0.1) is 0 Å². The summed E-state index contributed by atoms with van der Waals surface area (Å²) >= 11 is 3.14. The van der Waals surface area contributed by atoms with E-state index in [2.05, 4.69) is 31.1 Å². The van der Waals surface area contributed by atoms with E-state index in [-0.39, 0.29) is 31.1 Å². The van der Waals surface area contributed by atoms with Crippen LogP contribution in [0, 0.1) is 11.9 Å². The summed E-state index contributed by atoms with van der Waals surface area (Å²) in [7, 11) is 3.33. The van der Waals surface area contributed by atoms with Gasteiger partial charge in [0.15, 0.2) is 0 Å². The fourth-order valence-corrected chi connectivity index (χ4v) is 4.43. The van der Waals surface area contributed by atoms with Crippen LogP contribution >= 0.6 is 15.9 Å². The minimum absolute atomic E-state index is 0.132. The predicted molar refractivity (Wildman–Crippen MR) is 133 cm³/mol. The highest BCUT2D eigenvalue weighted by atomic mass is 79.9. The Kier molecular flexibility index (Phi) is 11.2. The molecule has 1 N–H and O–H groups in total. The Labute approximate surface area is 210 Å². The van der Waals surface area contributed by atoms with E-state index in [0.717, 1.165) is 32.2 Å². The summed E-state index contributed by atoms with van der Waals surface area (Å²) in [5.74, 6) is 0.0205. The van der Waals surface area contributed by atoms with Crippen LogP contribution in [0.25, 0.3) is 0 Å². The average Bonchev–Trinajstić information content (AvgIpc) is 2.76. The van der Waals surface area contributed by atoms with Crippen molar-refractivity contribution in [3.8, 4) is 0 Å². The van der Waals surface area contributed by atoms with Gasteiger partial charge in [0, 0.05) is 32.7 Å². The molecule has 10 heteroatoms. The lowest BCUT2D eigenvalue weighted by Gasteiger charge is -2.37. The largest absolute Gasteiger partial charge is 0.468 e. The number of carbonyl (C=O) groups is 2. The topological polar surface area (TPSA) is 84.0 Å². The van der Waals surface area contributed by atoms with Crippen LogP contribution in [-0.2, 0) is 19.1 Å². The van der Waals surface area contributed by atoms with E-state index < -0.39 is 11.5 Å². The molecule has 0 aromatic carbocycles. The van der Waals surface area contributed by atoms with E-state index >= 15 is 0 Å². The summed E-state index contributed by atoms with van der Waals surface area (Å²) < 4.78 is 24.3. The van der Waals surface area contributed by atoms with E-state index in [1.165, 1.54) is 7.11 Å². The molecule has 192 valence electrons. The van der Waals surface area contributed by atoms with Crippen molar-refractivity contribution in [3.05, 3.63) is 22.6 Å². The first-order valence-corrected chi connectivity index (χ1v) is 12.5. The van der Waals surface area contributed by atoms with E-state index in [1.54, 1.807) is 12.1 Å². The maximum absolute atomic E-state index is 13.8. The minimum Gasteiger partial charge on any atom is -0.468 e. The molecule has 1 aliphatic carbocycles. The minimum atomic E-state index is -0.510. The van der Waals surface area contributed by atoms with Crippen LogP contribution in [-0.4, -0.2) is 80.3 Å². The van der Waals surface area contributed by atoms with Gasteiger partial charge < -0.3 is 19.7 Å². The number of ether oxygens (including phenoxy) is 2. The van der Waals surface area contributed by atoms with E-state index in [0.29, 0.717) is 29.3 Å². The summed E-state index contributed by atoms with van der Waals surface area (Å²) in [5, 5.41) is 3.11. The normalized spacial score (nSPS) is 18.6. The van der Waals surface area contributed by atoms with Gasteiger partial charge in [0.25, 0.3) is 0 Å². The highest BCUT2D eigenvalue weighted by Crippen LogP contribution is 2.29. The Morgan fingerprint density at radius 2 is 1.88 bits per heavy atom. The van der Waals surface area contributed by atoms with Crippen LogP contribution in [0.1, 0.15) is 46.5 Å². The molecule has 1 aromatic rings. The third kappa shape index (κ3) is 9.84. The van der Waals surface area contributed by atoms with Crippen LogP contribution in [0.2, 0.25) is 0 Å². The molecule has 0 atom stereocenters. The molecule has 0 radical (unpaired) electrons. The van der Waals surface area contributed by atoms with Crippen molar-refractivity contribution in [2.24, 2.45) is 5.92 Å². The summed E-state index contributed by atoms with van der Waals surface area (Å²) in [6.45, 7) is 7.87. The van der Waals surface area contributed by atoms with Gasteiger partial charge in [-0.1, -0.05) is 0 Å². The lowest BCUT2D eigenvalue weighted by Crippen LogP contribution is -2.46. The number of rotatable bonds is 11. The van der Waals surface area contributed by atoms with Crippen LogP contribution in [0.4, 0.5) is 10.2 Å². The summed E-state index contributed by atoms with van der Waals surface area (Å²) in [6.07, 6.45) is 3.95. The molecular weight excluding hydrogens is 507 g/mol. The van der Waals surface area contributed by atoms with Gasteiger partial charge in [-0.05, 0) is 80.4 Å². The number of aromatic nitrogens is 1. The summed E-state index contributed by atoms with van der Waals surface area (Å²) in [6, 6.07) is 3.75. The van der Waals surface area contributed by atoms with Gasteiger partial charge in [-0.2, -0.15) is 4.39 Å². The van der Waals surface area contributed by atoms with Crippen LogP contribution in [0.3, 0.4) is 0 Å². The standard InChI is InChI=1S/C24H38BrFN4O4/c1-24(2,3)34-21(31)14-27-12-13-30(16-22(32)33-5)18-8-6-17(7-9-18)15-29(4)20-11-10-19(25)23(26)28-20/h10-11,17-18,27H,6-9,12-16H2,1-5H3. The van der Waals surface area contributed by atoms with Crippen LogP contribution in [0.15, 0.2) is 16.6 Å². The molecule has 1 aromatic heterocycles. The third-order valence-electron chi connectivity index (χ3n) is 5.87. The predicted octanol–water partition coefficient (Wildman–Crippen LogP) is 3.38. The highest BCUT2D eigenvalue weighted by molar-refractivity contribution is 9.10. The molecule has 0 aliphatic heterocycles. The number of esters is 2. The number of hydrogen-bond donors (Lipinski definition) is 1. The molecule has 0 spiro atoms. The summed E-state index contributed by atoms with van der Waals surface area (Å²) in [4.78, 5) is 32.0. The number of nitrogens with one attached hydrogen (secondary N) is 1. The molecule has 0 unspecified atom stereocenters. The maximum atomic E-state index is 13.8. The Hall–Kier alpha value is -1.78. The number of halogens is 2.